The molecule has 4 heterocycles. The van der Waals surface area contributed by atoms with E-state index in [9.17, 15) is 15.3 Å². The molecule has 5 rings (SSSR count). The van der Waals surface area contributed by atoms with Crippen LogP contribution in [0.5, 0.6) is 0 Å². The lowest BCUT2D eigenvalue weighted by molar-refractivity contribution is -0.0511. The monoisotopic (exact) mass is 542 g/mol. The van der Waals surface area contributed by atoms with Gasteiger partial charge in [-0.25, -0.2) is 9.97 Å². The predicted molar refractivity (Wildman–Crippen MR) is 132 cm³/mol. The maximum Gasteiger partial charge on any atom is 0.226 e. The quantitative estimate of drug-likeness (QED) is 0.203. The number of ether oxygens (including phenoxy) is 1. The Kier molecular flexibility index (Phi) is 6.84. The number of benzene rings is 1. The van der Waals surface area contributed by atoms with Crippen LogP contribution in [-0.2, 0) is 4.74 Å². The zero-order chi connectivity index (χ0) is 24.0. The van der Waals surface area contributed by atoms with Crippen molar-refractivity contribution in [2.24, 2.45) is 0 Å². The fraction of sp³-hybridized carbons (Fsp3) is 0.400. The van der Waals surface area contributed by atoms with E-state index < -0.39 is 31.1 Å². The molecule has 5 unspecified atom stereocenters. The van der Waals surface area contributed by atoms with Gasteiger partial charge < -0.3 is 25.4 Å². The molecule has 180 valence electrons. The number of thiazole rings is 1. The first-order chi connectivity index (χ1) is 16.3. The molecule has 1 aromatic carbocycles. The van der Waals surface area contributed by atoms with Crippen molar-refractivity contribution in [1.82, 2.24) is 24.5 Å². The Morgan fingerprint density at radius 3 is 2.82 bits per heavy atom. The summed E-state index contributed by atoms with van der Waals surface area (Å²) < 4.78 is 9.09. The fourth-order valence-corrected chi connectivity index (χ4v) is 6.06. The van der Waals surface area contributed by atoms with Crippen LogP contribution in [0, 0.1) is 0 Å². The summed E-state index contributed by atoms with van der Waals surface area (Å²) in [5.74, 6) is 1.14. The van der Waals surface area contributed by atoms with Gasteiger partial charge in [0.2, 0.25) is 5.28 Å². The van der Waals surface area contributed by atoms with Crippen LogP contribution >= 0.6 is 46.3 Å². The van der Waals surface area contributed by atoms with Crippen LogP contribution in [0.15, 0.2) is 28.9 Å². The predicted octanol–water partition coefficient (Wildman–Crippen LogP) is 2.95. The molecule has 0 aliphatic carbocycles. The van der Waals surface area contributed by atoms with Crippen molar-refractivity contribution in [2.75, 3.05) is 17.7 Å². The summed E-state index contributed by atoms with van der Waals surface area (Å²) in [6.07, 6.45) is -2.96. The van der Waals surface area contributed by atoms with Gasteiger partial charge in [-0.1, -0.05) is 23.4 Å². The highest BCUT2D eigenvalue weighted by Crippen LogP contribution is 2.34. The number of fused-ring (bicyclic) bond motifs is 2. The van der Waals surface area contributed by atoms with E-state index in [4.69, 9.17) is 27.9 Å². The van der Waals surface area contributed by atoms with Crippen LogP contribution in [0.3, 0.4) is 0 Å². The maximum atomic E-state index is 10.4. The lowest BCUT2D eigenvalue weighted by atomic mass is 10.1. The van der Waals surface area contributed by atoms with Crippen molar-refractivity contribution in [3.8, 4) is 0 Å². The minimum atomic E-state index is -1.27. The zero-order valence-electron chi connectivity index (χ0n) is 17.7. The second kappa shape index (κ2) is 9.70. The van der Waals surface area contributed by atoms with E-state index >= 15 is 0 Å². The standard InChI is InChI=1S/C20H20Cl2N6O4S2/c1-8(6-33-20-25-10-4-9(21)2-3-12(10)34-20)24-16-13-17(27-19(22)26-16)28(7-23-13)18-15(31)14(30)11(5-29)32-18/h2-4,7-8,11,14-15,18,29-31H,5-6H2,1H3,(H,24,26,27). The third kappa shape index (κ3) is 4.56. The largest absolute Gasteiger partial charge is 0.394 e. The van der Waals surface area contributed by atoms with Crippen molar-refractivity contribution in [1.29, 1.82) is 0 Å². The molecular formula is C20H20Cl2N6O4S2. The molecule has 14 heteroatoms. The summed E-state index contributed by atoms with van der Waals surface area (Å²) in [6.45, 7) is 1.57. The van der Waals surface area contributed by atoms with Gasteiger partial charge in [0.05, 0.1) is 23.2 Å². The molecule has 4 aromatic rings. The molecule has 1 aliphatic rings. The fourth-order valence-electron chi connectivity index (χ4n) is 3.70. The zero-order valence-corrected chi connectivity index (χ0v) is 20.8. The van der Waals surface area contributed by atoms with Gasteiger partial charge in [0.1, 0.15) is 18.3 Å². The highest BCUT2D eigenvalue weighted by molar-refractivity contribution is 8.01. The van der Waals surface area contributed by atoms with Crippen LogP contribution < -0.4 is 5.32 Å². The molecule has 0 saturated carbocycles. The number of rotatable bonds is 7. The summed E-state index contributed by atoms with van der Waals surface area (Å²) in [7, 11) is 0. The Morgan fingerprint density at radius 1 is 1.24 bits per heavy atom. The lowest BCUT2D eigenvalue weighted by Crippen LogP contribution is -2.33. The number of hydrogen-bond donors (Lipinski definition) is 4. The molecular weight excluding hydrogens is 523 g/mol. The Labute approximate surface area is 211 Å². The molecule has 0 bridgehead atoms. The van der Waals surface area contributed by atoms with E-state index in [1.54, 1.807) is 23.1 Å². The van der Waals surface area contributed by atoms with Crippen molar-refractivity contribution in [3.05, 3.63) is 34.8 Å². The van der Waals surface area contributed by atoms with Gasteiger partial charge in [-0.3, -0.25) is 4.57 Å². The smallest absolute Gasteiger partial charge is 0.226 e. The summed E-state index contributed by atoms with van der Waals surface area (Å²) in [5.41, 5.74) is 1.65. The summed E-state index contributed by atoms with van der Waals surface area (Å²) in [4.78, 5) is 17.5. The number of aliphatic hydroxyl groups excluding tert-OH is 3. The highest BCUT2D eigenvalue weighted by Gasteiger charge is 2.44. The van der Waals surface area contributed by atoms with E-state index in [-0.39, 0.29) is 11.3 Å². The number of imidazole rings is 1. The molecule has 34 heavy (non-hydrogen) atoms. The Hall–Kier alpha value is -1.77. The summed E-state index contributed by atoms with van der Waals surface area (Å²) in [6, 6.07) is 5.64. The minimum absolute atomic E-state index is 0.00796. The Bertz CT molecular complexity index is 1340. The first-order valence-electron chi connectivity index (χ1n) is 10.3. The number of halogens is 2. The van der Waals surface area contributed by atoms with Gasteiger partial charge in [-0.2, -0.15) is 9.97 Å². The van der Waals surface area contributed by atoms with Crippen LogP contribution in [0.2, 0.25) is 10.3 Å². The van der Waals surface area contributed by atoms with Gasteiger partial charge in [-0.05, 0) is 36.7 Å². The van der Waals surface area contributed by atoms with E-state index in [1.807, 2.05) is 25.1 Å². The number of aromatic nitrogens is 5. The normalized spacial score (nSPS) is 23.7. The Morgan fingerprint density at radius 2 is 2.06 bits per heavy atom. The number of nitrogens with one attached hydrogen (secondary N) is 1. The van der Waals surface area contributed by atoms with Gasteiger partial charge >= 0.3 is 0 Å². The van der Waals surface area contributed by atoms with Crippen LogP contribution in [0.1, 0.15) is 13.2 Å². The number of nitrogens with zero attached hydrogens (tertiary/aromatic N) is 5. The van der Waals surface area contributed by atoms with Gasteiger partial charge in [0.25, 0.3) is 0 Å². The van der Waals surface area contributed by atoms with Crippen molar-refractivity contribution in [3.63, 3.8) is 0 Å². The number of thioether (sulfide) groups is 1. The molecule has 1 fully saturated rings. The van der Waals surface area contributed by atoms with E-state index in [0.717, 1.165) is 14.6 Å². The highest BCUT2D eigenvalue weighted by atomic mass is 35.5. The second-order valence-corrected chi connectivity index (χ2v) is 10.9. The van der Waals surface area contributed by atoms with Crippen molar-refractivity contribution in [2.45, 2.75) is 41.8 Å². The molecule has 0 spiro atoms. The first-order valence-corrected chi connectivity index (χ1v) is 12.9. The maximum absolute atomic E-state index is 10.4. The van der Waals surface area contributed by atoms with Crippen LogP contribution in [-0.4, -0.2) is 76.5 Å². The Balaban J connectivity index is 1.33. The lowest BCUT2D eigenvalue weighted by Gasteiger charge is -2.17. The SMILES string of the molecule is CC(CSc1nc2cc(Cl)ccc2s1)Nc1nc(Cl)nc2c1ncn2C1OC(CO)C(O)C1O. The molecule has 0 amide bonds. The molecule has 5 atom stereocenters. The third-order valence-electron chi connectivity index (χ3n) is 5.36. The van der Waals surface area contributed by atoms with E-state index in [1.165, 1.54) is 10.9 Å². The molecule has 3 aromatic heterocycles. The molecule has 1 aliphatic heterocycles. The van der Waals surface area contributed by atoms with Gasteiger partial charge in [0, 0.05) is 16.8 Å². The average Bonchev–Trinajstić information content (AvgIpc) is 3.48. The first kappa shape index (κ1) is 23.9. The summed E-state index contributed by atoms with van der Waals surface area (Å²) in [5, 5.41) is 33.8. The van der Waals surface area contributed by atoms with Crippen LogP contribution in [0.4, 0.5) is 5.82 Å². The number of aliphatic hydroxyl groups is 3. The van der Waals surface area contributed by atoms with Crippen LogP contribution in [0.25, 0.3) is 21.4 Å². The summed E-state index contributed by atoms with van der Waals surface area (Å²) >= 11 is 15.4. The van der Waals surface area contributed by atoms with E-state index in [2.05, 4.69) is 25.3 Å². The molecule has 1 saturated heterocycles. The van der Waals surface area contributed by atoms with Crippen molar-refractivity contribution < 1.29 is 20.1 Å². The number of hydrogen-bond acceptors (Lipinski definition) is 11. The van der Waals surface area contributed by atoms with Gasteiger partial charge in [-0.15, -0.1) is 11.3 Å². The average molecular weight is 543 g/mol. The molecule has 4 N–H and O–H groups in total. The molecule has 10 nitrogen and oxygen atoms in total. The van der Waals surface area contributed by atoms with Crippen molar-refractivity contribution >= 4 is 73.5 Å². The second-order valence-electron chi connectivity index (χ2n) is 7.84. The minimum Gasteiger partial charge on any atom is -0.394 e. The number of anilines is 1. The van der Waals surface area contributed by atoms with Gasteiger partial charge in [0.15, 0.2) is 27.5 Å². The van der Waals surface area contributed by atoms with E-state index in [0.29, 0.717) is 27.8 Å². The third-order valence-corrected chi connectivity index (χ3v) is 8.20. The molecule has 0 radical (unpaired) electrons. The topological polar surface area (TPSA) is 138 Å².